The van der Waals surface area contributed by atoms with Crippen LogP contribution in [0.15, 0.2) is 71.5 Å². The molecule has 230 valence electrons. The van der Waals surface area contributed by atoms with Gasteiger partial charge in [0, 0.05) is 24.2 Å². The Labute approximate surface area is 247 Å². The fraction of sp³-hybridized carbons (Fsp3) is 0.281. The maximum atomic E-state index is 13.7. The topological polar surface area (TPSA) is 64.0 Å². The minimum absolute atomic E-state index is 0.0431. The van der Waals surface area contributed by atoms with E-state index in [1.165, 1.54) is 18.2 Å². The van der Waals surface area contributed by atoms with Crippen LogP contribution in [0, 0.1) is 5.82 Å². The van der Waals surface area contributed by atoms with Crippen LogP contribution in [0.25, 0.3) is 11.1 Å². The molecule has 1 aliphatic rings. The number of aryl methyl sites for hydroxylation is 2. The summed E-state index contributed by atoms with van der Waals surface area (Å²) in [6.45, 7) is -0.00111. The predicted octanol–water partition coefficient (Wildman–Crippen LogP) is 6.68. The molecule has 0 atom stereocenters. The van der Waals surface area contributed by atoms with Crippen LogP contribution in [0.5, 0.6) is 0 Å². The lowest BCUT2D eigenvalue weighted by molar-refractivity contribution is -0.140. The summed E-state index contributed by atoms with van der Waals surface area (Å²) >= 11 is 0. The van der Waals surface area contributed by atoms with Crippen LogP contribution in [0.4, 0.5) is 30.7 Å². The second kappa shape index (κ2) is 12.3. The van der Waals surface area contributed by atoms with Gasteiger partial charge in [-0.25, -0.2) is 4.39 Å². The van der Waals surface area contributed by atoms with Crippen LogP contribution in [0.2, 0.25) is 0 Å². The van der Waals surface area contributed by atoms with Gasteiger partial charge in [0.1, 0.15) is 18.2 Å². The van der Waals surface area contributed by atoms with E-state index in [0.717, 1.165) is 29.8 Å². The average molecular weight is 618 g/mol. The summed E-state index contributed by atoms with van der Waals surface area (Å²) in [6, 6.07) is 14.5. The second-order valence-electron chi connectivity index (χ2n) is 10.6. The summed E-state index contributed by atoms with van der Waals surface area (Å²) in [5.41, 5.74) is 0.922. The Balaban J connectivity index is 1.27. The number of aromatic nitrogens is 2. The largest absolute Gasteiger partial charge is 0.419 e. The number of amides is 1. The number of fused-ring (bicyclic) bond motifs is 1. The summed E-state index contributed by atoms with van der Waals surface area (Å²) in [4.78, 5) is 29.8. The Bertz CT molecular complexity index is 1730. The predicted molar refractivity (Wildman–Crippen MR) is 148 cm³/mol. The van der Waals surface area contributed by atoms with Gasteiger partial charge in [0.05, 0.1) is 11.1 Å². The average Bonchev–Trinajstić information content (AvgIpc) is 3.48. The third kappa shape index (κ3) is 7.00. The minimum atomic E-state index is -4.85. The molecule has 0 saturated carbocycles. The highest BCUT2D eigenvalue weighted by Gasteiger charge is 2.34. The van der Waals surface area contributed by atoms with Crippen molar-refractivity contribution in [2.75, 3.05) is 0 Å². The molecule has 0 bridgehead atoms. The van der Waals surface area contributed by atoms with E-state index in [4.69, 9.17) is 0 Å². The number of nitrogens with one attached hydrogen (secondary N) is 1. The number of hydrogen-bond donors (Lipinski definition) is 1. The van der Waals surface area contributed by atoms with E-state index in [1.807, 2.05) is 0 Å². The number of halogens is 7. The van der Waals surface area contributed by atoms with E-state index >= 15 is 0 Å². The van der Waals surface area contributed by atoms with Crippen molar-refractivity contribution < 1.29 is 35.5 Å². The number of nitrogens with zero attached hydrogens (tertiary/aromatic N) is 2. The third-order valence-corrected chi connectivity index (χ3v) is 7.58. The normalized spacial score (nSPS) is 13.2. The molecule has 12 heteroatoms. The third-order valence-electron chi connectivity index (χ3n) is 7.58. The van der Waals surface area contributed by atoms with Crippen LogP contribution in [0.1, 0.15) is 45.8 Å². The maximum absolute atomic E-state index is 13.7. The van der Waals surface area contributed by atoms with E-state index < -0.39 is 34.9 Å². The van der Waals surface area contributed by atoms with E-state index in [2.05, 4.69) is 10.3 Å². The van der Waals surface area contributed by atoms with Crippen molar-refractivity contribution in [1.29, 1.82) is 0 Å². The first-order valence-electron chi connectivity index (χ1n) is 13.8. The molecule has 1 aromatic heterocycles. The first-order chi connectivity index (χ1) is 20.8. The summed E-state index contributed by atoms with van der Waals surface area (Å²) in [6.07, 6.45) is -7.40. The first kappa shape index (κ1) is 31.0. The molecule has 4 aromatic rings. The molecule has 1 heterocycles. The maximum Gasteiger partial charge on any atom is 0.419 e. The molecule has 0 spiro atoms. The lowest BCUT2D eigenvalue weighted by atomic mass is 10.0. The molecular formula is C32H26F7N3O2. The lowest BCUT2D eigenvalue weighted by Gasteiger charge is -2.18. The quantitative estimate of drug-likeness (QED) is 0.225. The van der Waals surface area contributed by atoms with Crippen molar-refractivity contribution in [3.8, 4) is 11.1 Å². The van der Waals surface area contributed by atoms with Gasteiger partial charge in [0.2, 0.25) is 5.91 Å². The molecule has 0 aliphatic heterocycles. The first-order valence-corrected chi connectivity index (χ1v) is 13.8. The Morgan fingerprint density at radius 2 is 1.45 bits per heavy atom. The molecule has 0 radical (unpaired) electrons. The van der Waals surface area contributed by atoms with Crippen LogP contribution in [-0.2, 0) is 55.9 Å². The van der Waals surface area contributed by atoms with Crippen molar-refractivity contribution in [3.05, 3.63) is 122 Å². The molecule has 0 saturated heterocycles. The smallest absolute Gasteiger partial charge is 0.350 e. The van der Waals surface area contributed by atoms with Gasteiger partial charge in [0.15, 0.2) is 0 Å². The zero-order chi connectivity index (χ0) is 31.6. The monoisotopic (exact) mass is 617 g/mol. The number of rotatable bonds is 8. The second-order valence-corrected chi connectivity index (χ2v) is 10.6. The molecule has 0 fully saturated rings. The highest BCUT2D eigenvalue weighted by molar-refractivity contribution is 5.76. The van der Waals surface area contributed by atoms with Crippen LogP contribution >= 0.6 is 0 Å². The molecule has 5 rings (SSSR count). The zero-order valence-corrected chi connectivity index (χ0v) is 23.2. The van der Waals surface area contributed by atoms with Crippen molar-refractivity contribution in [1.82, 2.24) is 14.9 Å². The molecule has 0 unspecified atom stereocenters. The van der Waals surface area contributed by atoms with Crippen molar-refractivity contribution in [2.24, 2.45) is 0 Å². The fourth-order valence-electron chi connectivity index (χ4n) is 5.30. The number of hydrogen-bond acceptors (Lipinski definition) is 3. The van der Waals surface area contributed by atoms with Crippen molar-refractivity contribution >= 4 is 5.91 Å². The van der Waals surface area contributed by atoms with Crippen LogP contribution in [0.3, 0.4) is 0 Å². The number of benzene rings is 3. The van der Waals surface area contributed by atoms with Crippen molar-refractivity contribution in [3.63, 3.8) is 0 Å². The molecule has 3 aromatic carbocycles. The Morgan fingerprint density at radius 3 is 2.09 bits per heavy atom. The van der Waals surface area contributed by atoms with Gasteiger partial charge in [-0.1, -0.05) is 42.5 Å². The van der Waals surface area contributed by atoms with Gasteiger partial charge in [-0.3, -0.25) is 9.59 Å². The van der Waals surface area contributed by atoms with E-state index in [1.54, 1.807) is 28.8 Å². The minimum Gasteiger partial charge on any atom is -0.350 e. The zero-order valence-electron chi connectivity index (χ0n) is 23.2. The van der Waals surface area contributed by atoms with Gasteiger partial charge >= 0.3 is 12.4 Å². The van der Waals surface area contributed by atoms with Gasteiger partial charge in [-0.2, -0.15) is 31.3 Å². The molecule has 1 amide bonds. The van der Waals surface area contributed by atoms with Crippen LogP contribution in [-0.4, -0.2) is 15.5 Å². The SMILES string of the molecule is O=C(Cn1c(CCc2ccc(F)c(C(F)(F)F)c2)nc(=O)c2c1CCC2)NCc1ccc(-c2ccc(C(F)(F)F)cc2)cc1. The molecule has 5 nitrogen and oxygen atoms in total. The highest BCUT2D eigenvalue weighted by atomic mass is 19.4. The summed E-state index contributed by atoms with van der Waals surface area (Å²) in [7, 11) is 0. The van der Waals surface area contributed by atoms with Gasteiger partial charge in [-0.15, -0.1) is 0 Å². The van der Waals surface area contributed by atoms with E-state index in [9.17, 15) is 40.3 Å². The Hall–Kier alpha value is -4.48. The summed E-state index contributed by atoms with van der Waals surface area (Å²) in [5.74, 6) is -1.50. The number of alkyl halides is 6. The highest BCUT2D eigenvalue weighted by Crippen LogP contribution is 2.33. The van der Waals surface area contributed by atoms with Crippen molar-refractivity contribution in [2.45, 2.75) is 57.5 Å². The molecule has 1 N–H and O–H groups in total. The Kier molecular flexibility index (Phi) is 8.62. The molecule has 44 heavy (non-hydrogen) atoms. The standard InChI is InChI=1S/C32H26F7N3O2/c33-26-14-6-19(16-25(26)32(37,38)39)7-15-28-41-30(44)24-2-1-3-27(24)42(28)18-29(43)40-17-20-4-8-21(9-5-20)22-10-12-23(13-11-22)31(34,35)36/h4-6,8-14,16H,1-3,7,15,17-18H2,(H,40,43). The van der Waals surface area contributed by atoms with E-state index in [0.29, 0.717) is 41.6 Å². The summed E-state index contributed by atoms with van der Waals surface area (Å²) < 4.78 is 93.4. The Morgan fingerprint density at radius 1 is 0.818 bits per heavy atom. The molecule has 1 aliphatic carbocycles. The van der Waals surface area contributed by atoms with Gasteiger partial charge in [0.25, 0.3) is 5.56 Å². The van der Waals surface area contributed by atoms with Gasteiger partial charge in [-0.05, 0) is 72.2 Å². The fourth-order valence-corrected chi connectivity index (χ4v) is 5.30. The van der Waals surface area contributed by atoms with E-state index in [-0.39, 0.29) is 43.2 Å². The van der Waals surface area contributed by atoms with Gasteiger partial charge < -0.3 is 9.88 Å². The lowest BCUT2D eigenvalue weighted by Crippen LogP contribution is -2.32. The number of carbonyl (C=O) groups excluding carboxylic acids is 1. The summed E-state index contributed by atoms with van der Waals surface area (Å²) in [5, 5.41) is 2.81. The molecular weight excluding hydrogens is 591 g/mol. The number of carbonyl (C=O) groups is 1. The van der Waals surface area contributed by atoms with Crippen LogP contribution < -0.4 is 10.9 Å².